The Labute approximate surface area is 281 Å². The van der Waals surface area contributed by atoms with E-state index < -0.39 is 6.09 Å². The van der Waals surface area contributed by atoms with Gasteiger partial charge in [0.1, 0.15) is 29.9 Å². The number of piperidine rings is 1. The molecule has 0 bridgehead atoms. The summed E-state index contributed by atoms with van der Waals surface area (Å²) in [6.07, 6.45) is 6.48. The summed E-state index contributed by atoms with van der Waals surface area (Å²) in [5, 5.41) is 13.2. The van der Waals surface area contributed by atoms with Crippen LogP contribution in [0.2, 0.25) is 10.0 Å². The number of nitrogens with zero attached hydrogens (tertiary/aromatic N) is 6. The van der Waals surface area contributed by atoms with Gasteiger partial charge in [-0.05, 0) is 49.1 Å². The lowest BCUT2D eigenvalue weighted by molar-refractivity contribution is -0.0368. The van der Waals surface area contributed by atoms with E-state index in [9.17, 15) is 4.79 Å². The molecular weight excluding hydrogens is 641 g/mol. The SMILES string of the molecule is O=C(NCC1(c2ccon2)C2CCN(c3cnc4c(-c5cccc(Cl)c5Cl)nn(C5CCCCO5)c4n3)CC21)OCc1ccccc1. The number of ether oxygens (including phenoxy) is 2. The number of rotatable bonds is 8. The number of amides is 1. The Bertz CT molecular complexity index is 1900. The zero-order valence-corrected chi connectivity index (χ0v) is 27.0. The van der Waals surface area contributed by atoms with Crippen LogP contribution in [0.4, 0.5) is 10.6 Å². The Balaban J connectivity index is 1.05. The lowest BCUT2D eigenvalue weighted by Crippen LogP contribution is -2.36. The highest BCUT2D eigenvalue weighted by Gasteiger charge is 2.68. The fourth-order valence-corrected chi connectivity index (χ4v) is 7.79. The molecule has 0 radical (unpaired) electrons. The van der Waals surface area contributed by atoms with Crippen molar-refractivity contribution in [2.75, 3.05) is 31.1 Å². The number of halogens is 2. The van der Waals surface area contributed by atoms with Gasteiger partial charge in [-0.2, -0.15) is 5.10 Å². The smallest absolute Gasteiger partial charge is 0.407 e. The number of fused-ring (bicyclic) bond motifs is 2. The van der Waals surface area contributed by atoms with Gasteiger partial charge >= 0.3 is 6.09 Å². The van der Waals surface area contributed by atoms with Gasteiger partial charge in [0.2, 0.25) is 0 Å². The minimum atomic E-state index is -0.456. The zero-order valence-electron chi connectivity index (χ0n) is 25.5. The van der Waals surface area contributed by atoms with Crippen molar-refractivity contribution >= 4 is 46.3 Å². The molecule has 242 valence electrons. The molecule has 0 spiro atoms. The van der Waals surface area contributed by atoms with Crippen molar-refractivity contribution in [1.82, 2.24) is 30.2 Å². The molecule has 8 rings (SSSR count). The predicted molar refractivity (Wildman–Crippen MR) is 176 cm³/mol. The predicted octanol–water partition coefficient (Wildman–Crippen LogP) is 6.81. The first kappa shape index (κ1) is 30.2. The Morgan fingerprint density at radius 3 is 2.77 bits per heavy atom. The van der Waals surface area contributed by atoms with E-state index in [2.05, 4.69) is 15.4 Å². The minimum absolute atomic E-state index is 0.207. The Kier molecular flexibility index (Phi) is 7.98. The number of nitrogens with one attached hydrogen (secondary N) is 1. The molecule has 1 aliphatic carbocycles. The maximum absolute atomic E-state index is 12.7. The molecule has 1 N–H and O–H groups in total. The maximum Gasteiger partial charge on any atom is 0.407 e. The fraction of sp³-hybridized carbons (Fsp3) is 0.382. The Morgan fingerprint density at radius 1 is 1.06 bits per heavy atom. The molecule has 2 aromatic carbocycles. The summed E-state index contributed by atoms with van der Waals surface area (Å²) >= 11 is 13.0. The van der Waals surface area contributed by atoms with Crippen LogP contribution in [0.25, 0.3) is 22.4 Å². The highest BCUT2D eigenvalue weighted by Crippen LogP contribution is 2.63. The van der Waals surface area contributed by atoms with E-state index in [1.165, 1.54) is 0 Å². The van der Waals surface area contributed by atoms with E-state index in [0.717, 1.165) is 55.8 Å². The van der Waals surface area contributed by atoms with E-state index in [4.69, 9.17) is 52.3 Å². The van der Waals surface area contributed by atoms with Crippen LogP contribution in [0.3, 0.4) is 0 Å². The Morgan fingerprint density at radius 2 is 1.96 bits per heavy atom. The highest BCUT2D eigenvalue weighted by molar-refractivity contribution is 6.43. The molecule has 1 saturated carbocycles. The van der Waals surface area contributed by atoms with E-state index in [1.807, 2.05) is 53.2 Å². The molecule has 1 amide bonds. The molecule has 2 saturated heterocycles. The quantitative estimate of drug-likeness (QED) is 0.189. The van der Waals surface area contributed by atoms with Crippen LogP contribution in [0, 0.1) is 11.8 Å². The van der Waals surface area contributed by atoms with Gasteiger partial charge in [0.05, 0.1) is 21.9 Å². The van der Waals surface area contributed by atoms with E-state index in [1.54, 1.807) is 18.5 Å². The van der Waals surface area contributed by atoms with Crippen LogP contribution >= 0.6 is 23.2 Å². The number of hydrogen-bond donors (Lipinski definition) is 1. The normalized spacial score (nSPS) is 23.8. The van der Waals surface area contributed by atoms with Crippen molar-refractivity contribution < 1.29 is 18.8 Å². The lowest BCUT2D eigenvalue weighted by Gasteiger charge is -2.27. The first-order valence-corrected chi connectivity index (χ1v) is 16.7. The molecule has 5 heterocycles. The second kappa shape index (κ2) is 12.4. The molecule has 3 fully saturated rings. The van der Waals surface area contributed by atoms with Gasteiger partial charge in [-0.1, -0.05) is 70.8 Å². The standard InChI is InChI=1S/C34H33Cl2N7O4/c35-25-10-6-9-22(29(25)36)30-31-32(43(40-30)28-11-4-5-15-45-28)39-27(17-37-31)42-14-12-23-24(18-42)34(23,26-13-16-47-41-26)20-38-33(44)46-19-21-7-2-1-3-8-21/h1-3,6-10,13,16-17,23-24,28H,4-5,11-12,14-15,18-20H2,(H,38,44). The van der Waals surface area contributed by atoms with Crippen LogP contribution < -0.4 is 10.2 Å². The number of anilines is 1. The molecule has 5 aromatic rings. The monoisotopic (exact) mass is 673 g/mol. The van der Waals surface area contributed by atoms with Crippen molar-refractivity contribution in [2.24, 2.45) is 11.8 Å². The summed E-state index contributed by atoms with van der Waals surface area (Å²) in [4.78, 5) is 25.1. The van der Waals surface area contributed by atoms with Crippen molar-refractivity contribution in [1.29, 1.82) is 0 Å². The van der Waals surface area contributed by atoms with Crippen LogP contribution in [-0.2, 0) is 21.5 Å². The van der Waals surface area contributed by atoms with Crippen LogP contribution in [0.1, 0.15) is 43.2 Å². The number of benzene rings is 2. The maximum atomic E-state index is 12.7. The fourth-order valence-electron chi connectivity index (χ4n) is 7.40. The molecular formula is C34H33Cl2N7O4. The minimum Gasteiger partial charge on any atom is -0.445 e. The van der Waals surface area contributed by atoms with E-state index in [0.29, 0.717) is 51.5 Å². The van der Waals surface area contributed by atoms with Gasteiger partial charge in [0.25, 0.3) is 0 Å². The summed E-state index contributed by atoms with van der Waals surface area (Å²) in [6, 6.07) is 17.0. The van der Waals surface area contributed by atoms with Crippen molar-refractivity contribution in [2.45, 2.75) is 43.9 Å². The van der Waals surface area contributed by atoms with Gasteiger partial charge in [-0.3, -0.25) is 0 Å². The highest BCUT2D eigenvalue weighted by atomic mass is 35.5. The summed E-state index contributed by atoms with van der Waals surface area (Å²) in [5.41, 5.74) is 4.02. The van der Waals surface area contributed by atoms with Crippen molar-refractivity contribution in [3.05, 3.63) is 88.4 Å². The first-order valence-electron chi connectivity index (χ1n) is 15.9. The number of aromatic nitrogens is 5. The topological polar surface area (TPSA) is 120 Å². The largest absolute Gasteiger partial charge is 0.445 e. The van der Waals surface area contributed by atoms with Crippen molar-refractivity contribution in [3.63, 3.8) is 0 Å². The van der Waals surface area contributed by atoms with Gasteiger partial charge in [0, 0.05) is 43.3 Å². The third-order valence-corrected chi connectivity index (χ3v) is 10.6. The summed E-state index contributed by atoms with van der Waals surface area (Å²) in [6.45, 7) is 2.77. The molecule has 3 aliphatic rings. The molecule has 3 aromatic heterocycles. The molecule has 47 heavy (non-hydrogen) atoms. The second-order valence-electron chi connectivity index (χ2n) is 12.4. The third-order valence-electron chi connectivity index (χ3n) is 9.83. The van der Waals surface area contributed by atoms with Crippen molar-refractivity contribution in [3.8, 4) is 11.3 Å². The van der Waals surface area contributed by atoms with Gasteiger partial charge in [-0.25, -0.2) is 19.4 Å². The number of alkyl carbamates (subject to hydrolysis) is 1. The number of carbonyl (C=O) groups excluding carboxylic acids is 1. The van der Waals surface area contributed by atoms with Crippen LogP contribution in [0.5, 0.6) is 0 Å². The number of carbonyl (C=O) groups is 1. The molecule has 2 aliphatic heterocycles. The van der Waals surface area contributed by atoms with Crippen LogP contribution in [-0.4, -0.2) is 57.2 Å². The molecule has 11 nitrogen and oxygen atoms in total. The summed E-state index contributed by atoms with van der Waals surface area (Å²) in [5.74, 6) is 1.31. The van der Waals surface area contributed by atoms with E-state index >= 15 is 0 Å². The summed E-state index contributed by atoms with van der Waals surface area (Å²) in [7, 11) is 0. The number of hydrogen-bond acceptors (Lipinski definition) is 9. The lowest BCUT2D eigenvalue weighted by atomic mass is 9.97. The van der Waals surface area contributed by atoms with Gasteiger partial charge in [-0.15, -0.1) is 0 Å². The first-order chi connectivity index (χ1) is 23.0. The zero-order chi connectivity index (χ0) is 32.0. The average Bonchev–Trinajstić information content (AvgIpc) is 3.42. The second-order valence-corrected chi connectivity index (χ2v) is 13.2. The third kappa shape index (κ3) is 5.50. The van der Waals surface area contributed by atoms with Gasteiger partial charge < -0.3 is 24.2 Å². The average molecular weight is 675 g/mol. The van der Waals surface area contributed by atoms with Gasteiger partial charge in [0.15, 0.2) is 11.9 Å². The molecule has 13 heteroatoms. The Hall–Kier alpha value is -4.19. The summed E-state index contributed by atoms with van der Waals surface area (Å²) < 4.78 is 18.8. The van der Waals surface area contributed by atoms with Crippen LogP contribution in [0.15, 0.2) is 71.6 Å². The molecule has 4 atom stereocenters. The van der Waals surface area contributed by atoms with E-state index in [-0.39, 0.29) is 24.2 Å². The molecule has 4 unspecified atom stereocenters.